The smallest absolute Gasteiger partial charge is 0.345 e. The van der Waals surface area contributed by atoms with E-state index in [1.165, 1.54) is 11.3 Å². The van der Waals surface area contributed by atoms with Crippen molar-refractivity contribution >= 4 is 23.0 Å². The van der Waals surface area contributed by atoms with Crippen molar-refractivity contribution in [3.05, 3.63) is 34.5 Å². The number of methoxy groups -OCH3 is 1. The highest BCUT2D eigenvalue weighted by atomic mass is 32.1. The van der Waals surface area contributed by atoms with Gasteiger partial charge in [0.15, 0.2) is 0 Å². The molecule has 0 bridgehead atoms. The number of hydrogen-bond acceptors (Lipinski definition) is 4. The molecule has 1 aromatic carbocycles. The lowest BCUT2D eigenvalue weighted by Crippen LogP contribution is -1.92. The monoisotopic (exact) mass is 249 g/mol. The Balaban J connectivity index is 2.39. The standard InChI is InChI=1S/C12H11NO3S/c1-16-10-3-2-7(4-9(10)13)8-5-11(12(14)15)17-6-8/h2-6H,13H2,1H3,(H,14,15). The number of carboxylic acid groups (broad SMARTS) is 1. The van der Waals surface area contributed by atoms with Crippen molar-refractivity contribution < 1.29 is 14.6 Å². The highest BCUT2D eigenvalue weighted by Gasteiger charge is 2.09. The first kappa shape index (κ1) is 11.5. The third kappa shape index (κ3) is 2.24. The number of carboxylic acids is 1. The summed E-state index contributed by atoms with van der Waals surface area (Å²) in [5.74, 6) is -0.301. The molecule has 0 amide bonds. The van der Waals surface area contributed by atoms with Crippen LogP contribution in [0.3, 0.4) is 0 Å². The largest absolute Gasteiger partial charge is 0.495 e. The molecule has 1 heterocycles. The van der Waals surface area contributed by atoms with E-state index in [1.807, 2.05) is 6.07 Å². The first-order valence-electron chi connectivity index (χ1n) is 4.87. The second-order valence-electron chi connectivity index (χ2n) is 3.46. The SMILES string of the molecule is COc1ccc(-c2csc(C(=O)O)c2)cc1N. The van der Waals surface area contributed by atoms with Gasteiger partial charge in [-0.15, -0.1) is 11.3 Å². The summed E-state index contributed by atoms with van der Waals surface area (Å²) in [6.45, 7) is 0. The van der Waals surface area contributed by atoms with Gasteiger partial charge in [-0.05, 0) is 34.7 Å². The van der Waals surface area contributed by atoms with Gasteiger partial charge in [0.05, 0.1) is 12.8 Å². The summed E-state index contributed by atoms with van der Waals surface area (Å²) in [6, 6.07) is 7.02. The Kier molecular flexibility index (Phi) is 3.01. The fourth-order valence-corrected chi connectivity index (χ4v) is 2.27. The summed E-state index contributed by atoms with van der Waals surface area (Å²) in [7, 11) is 1.55. The molecule has 0 aliphatic heterocycles. The van der Waals surface area contributed by atoms with Gasteiger partial charge in [0.2, 0.25) is 0 Å². The molecule has 2 rings (SSSR count). The molecule has 0 fully saturated rings. The predicted molar refractivity (Wildman–Crippen MR) is 67.7 cm³/mol. The maximum atomic E-state index is 10.8. The highest BCUT2D eigenvalue weighted by Crippen LogP contribution is 2.30. The van der Waals surface area contributed by atoms with Crippen molar-refractivity contribution in [1.82, 2.24) is 0 Å². The van der Waals surface area contributed by atoms with Gasteiger partial charge >= 0.3 is 5.97 Å². The minimum atomic E-state index is -0.914. The number of nitrogens with two attached hydrogens (primary N) is 1. The number of ether oxygens (including phenoxy) is 1. The van der Waals surface area contributed by atoms with Crippen molar-refractivity contribution in [2.45, 2.75) is 0 Å². The molecule has 3 N–H and O–H groups in total. The average molecular weight is 249 g/mol. The minimum absolute atomic E-state index is 0.314. The molecular weight excluding hydrogens is 238 g/mol. The number of aromatic carboxylic acids is 1. The Labute approximate surface area is 102 Å². The molecule has 0 unspecified atom stereocenters. The normalized spacial score (nSPS) is 10.2. The zero-order valence-electron chi connectivity index (χ0n) is 9.14. The van der Waals surface area contributed by atoms with E-state index in [0.717, 1.165) is 11.1 Å². The van der Waals surface area contributed by atoms with Crippen LogP contribution in [0.25, 0.3) is 11.1 Å². The lowest BCUT2D eigenvalue weighted by atomic mass is 10.1. The first-order valence-corrected chi connectivity index (χ1v) is 5.75. The van der Waals surface area contributed by atoms with Gasteiger partial charge in [-0.25, -0.2) is 4.79 Å². The van der Waals surface area contributed by atoms with Crippen LogP contribution in [0.4, 0.5) is 5.69 Å². The van der Waals surface area contributed by atoms with Gasteiger partial charge in [0.25, 0.3) is 0 Å². The molecule has 0 saturated carbocycles. The quantitative estimate of drug-likeness (QED) is 0.820. The third-order valence-electron chi connectivity index (χ3n) is 2.37. The summed E-state index contributed by atoms with van der Waals surface area (Å²) in [5.41, 5.74) is 8.06. The van der Waals surface area contributed by atoms with E-state index in [2.05, 4.69) is 0 Å². The number of thiophene rings is 1. The van der Waals surface area contributed by atoms with E-state index >= 15 is 0 Å². The lowest BCUT2D eigenvalue weighted by Gasteiger charge is -2.05. The average Bonchev–Trinajstić information content (AvgIpc) is 2.78. The van der Waals surface area contributed by atoms with Crippen LogP contribution in [0.1, 0.15) is 9.67 Å². The molecule has 0 saturated heterocycles. The van der Waals surface area contributed by atoms with E-state index in [9.17, 15) is 4.79 Å². The summed E-state index contributed by atoms with van der Waals surface area (Å²) in [4.78, 5) is 11.1. The Morgan fingerprint density at radius 2 is 2.12 bits per heavy atom. The van der Waals surface area contributed by atoms with Crippen molar-refractivity contribution in [2.24, 2.45) is 0 Å². The van der Waals surface area contributed by atoms with Crippen molar-refractivity contribution in [2.75, 3.05) is 12.8 Å². The maximum Gasteiger partial charge on any atom is 0.345 e. The van der Waals surface area contributed by atoms with Crippen LogP contribution in [-0.2, 0) is 0 Å². The molecule has 4 nitrogen and oxygen atoms in total. The van der Waals surface area contributed by atoms with E-state index in [1.54, 1.807) is 30.7 Å². The van der Waals surface area contributed by atoms with Crippen LogP contribution >= 0.6 is 11.3 Å². The van der Waals surface area contributed by atoms with Crippen LogP contribution < -0.4 is 10.5 Å². The van der Waals surface area contributed by atoms with Gasteiger partial charge in [-0.3, -0.25) is 0 Å². The number of hydrogen-bond donors (Lipinski definition) is 2. The molecule has 0 aliphatic rings. The highest BCUT2D eigenvalue weighted by molar-refractivity contribution is 7.12. The topological polar surface area (TPSA) is 72.5 Å². The number of nitrogen functional groups attached to an aromatic ring is 1. The first-order chi connectivity index (χ1) is 8.11. The van der Waals surface area contributed by atoms with E-state index in [0.29, 0.717) is 16.3 Å². The molecule has 1 aromatic heterocycles. The van der Waals surface area contributed by atoms with Gasteiger partial charge in [-0.2, -0.15) is 0 Å². The third-order valence-corrected chi connectivity index (χ3v) is 3.29. The van der Waals surface area contributed by atoms with Gasteiger partial charge in [-0.1, -0.05) is 6.07 Å². The summed E-state index contributed by atoms with van der Waals surface area (Å²) in [5, 5.41) is 10.6. The van der Waals surface area contributed by atoms with Gasteiger partial charge in [0, 0.05) is 0 Å². The lowest BCUT2D eigenvalue weighted by molar-refractivity contribution is 0.0702. The zero-order valence-corrected chi connectivity index (χ0v) is 9.95. The number of carbonyl (C=O) groups is 1. The predicted octanol–water partition coefficient (Wildman–Crippen LogP) is 2.70. The van der Waals surface area contributed by atoms with E-state index in [4.69, 9.17) is 15.6 Å². The van der Waals surface area contributed by atoms with Crippen LogP contribution in [0, 0.1) is 0 Å². The maximum absolute atomic E-state index is 10.8. The molecule has 2 aromatic rings. The van der Waals surface area contributed by atoms with Crippen molar-refractivity contribution in [3.8, 4) is 16.9 Å². The Hall–Kier alpha value is -2.01. The van der Waals surface area contributed by atoms with Crippen LogP contribution in [0.15, 0.2) is 29.6 Å². The molecule has 0 aliphatic carbocycles. The number of benzene rings is 1. The van der Waals surface area contributed by atoms with Crippen LogP contribution in [-0.4, -0.2) is 18.2 Å². The second kappa shape index (κ2) is 4.47. The summed E-state index contributed by atoms with van der Waals surface area (Å²) < 4.78 is 5.06. The molecule has 17 heavy (non-hydrogen) atoms. The molecule has 0 radical (unpaired) electrons. The molecule has 5 heteroatoms. The van der Waals surface area contributed by atoms with Gasteiger partial charge < -0.3 is 15.6 Å². The van der Waals surface area contributed by atoms with Gasteiger partial charge in [0.1, 0.15) is 10.6 Å². The van der Waals surface area contributed by atoms with E-state index in [-0.39, 0.29) is 0 Å². The fraction of sp³-hybridized carbons (Fsp3) is 0.0833. The molecule has 0 atom stereocenters. The Morgan fingerprint density at radius 1 is 1.35 bits per heavy atom. The fourth-order valence-electron chi connectivity index (χ4n) is 1.51. The van der Waals surface area contributed by atoms with Crippen molar-refractivity contribution in [3.63, 3.8) is 0 Å². The van der Waals surface area contributed by atoms with E-state index < -0.39 is 5.97 Å². The summed E-state index contributed by atoms with van der Waals surface area (Å²) >= 11 is 1.20. The Bertz CT molecular complexity index is 563. The summed E-state index contributed by atoms with van der Waals surface area (Å²) in [6.07, 6.45) is 0. The van der Waals surface area contributed by atoms with Crippen LogP contribution in [0.2, 0.25) is 0 Å². The molecule has 88 valence electrons. The zero-order chi connectivity index (χ0) is 12.4. The van der Waals surface area contributed by atoms with Crippen molar-refractivity contribution in [1.29, 1.82) is 0 Å². The number of rotatable bonds is 3. The minimum Gasteiger partial charge on any atom is -0.495 e. The molecule has 0 spiro atoms. The Morgan fingerprint density at radius 3 is 2.65 bits per heavy atom. The van der Waals surface area contributed by atoms with Crippen LogP contribution in [0.5, 0.6) is 5.75 Å². The molecular formula is C12H11NO3S. The second-order valence-corrected chi connectivity index (χ2v) is 4.37. The number of anilines is 1.